The average molecular weight is 345 g/mol. The zero-order valence-corrected chi connectivity index (χ0v) is 11.3. The Morgan fingerprint density at radius 2 is 1.88 bits per heavy atom. The first-order chi connectivity index (χ1) is 7.78. The third-order valence-electron chi connectivity index (χ3n) is 1.72. The van der Waals surface area contributed by atoms with Crippen LogP contribution in [0.4, 0.5) is 0 Å². The van der Waals surface area contributed by atoms with E-state index < -0.39 is 0 Å². The molecular weight excluding hydrogens is 338 g/mol. The molecule has 0 atom stereocenters. The quantitative estimate of drug-likeness (QED) is 0.801. The lowest BCUT2D eigenvalue weighted by molar-refractivity contribution is 0.439. The summed E-state index contributed by atoms with van der Waals surface area (Å²) in [6.45, 7) is 0. The Balaban J connectivity index is 2.14. The third-order valence-corrected chi connectivity index (χ3v) is 2.81. The van der Waals surface area contributed by atoms with Gasteiger partial charge in [0.2, 0.25) is 0 Å². The summed E-state index contributed by atoms with van der Waals surface area (Å²) in [6.07, 6.45) is 6.71. The van der Waals surface area contributed by atoms with E-state index in [2.05, 4.69) is 46.8 Å². The SMILES string of the molecule is BrCc1cnc(Oc2cncc(Br)c2)nc1. The molecule has 0 fully saturated rings. The van der Waals surface area contributed by atoms with Gasteiger partial charge < -0.3 is 4.74 Å². The summed E-state index contributed by atoms with van der Waals surface area (Å²) in [5.74, 6) is 0.598. The Morgan fingerprint density at radius 1 is 1.12 bits per heavy atom. The van der Waals surface area contributed by atoms with E-state index in [1.165, 1.54) is 0 Å². The summed E-state index contributed by atoms with van der Waals surface area (Å²) in [6, 6.07) is 2.11. The van der Waals surface area contributed by atoms with Crippen molar-refractivity contribution < 1.29 is 4.74 Å². The molecule has 0 bridgehead atoms. The molecule has 0 N–H and O–H groups in total. The summed E-state index contributed by atoms with van der Waals surface area (Å²) in [7, 11) is 0. The maximum absolute atomic E-state index is 5.43. The first kappa shape index (κ1) is 11.5. The molecule has 2 heterocycles. The van der Waals surface area contributed by atoms with Crippen LogP contribution >= 0.6 is 31.9 Å². The fourth-order valence-electron chi connectivity index (χ4n) is 1.02. The van der Waals surface area contributed by atoms with Gasteiger partial charge in [0.05, 0.1) is 6.20 Å². The zero-order valence-electron chi connectivity index (χ0n) is 8.10. The summed E-state index contributed by atoms with van der Waals surface area (Å²) in [4.78, 5) is 12.1. The molecule has 0 aliphatic heterocycles. The molecule has 0 aliphatic rings. The Bertz CT molecular complexity index is 476. The standard InChI is InChI=1S/C10H7Br2N3O/c11-2-7-3-14-10(15-4-7)16-9-1-8(12)5-13-6-9/h1,3-6H,2H2. The van der Waals surface area contributed by atoms with Crippen molar-refractivity contribution >= 4 is 31.9 Å². The highest BCUT2D eigenvalue weighted by Crippen LogP contribution is 2.20. The molecule has 6 heteroatoms. The van der Waals surface area contributed by atoms with Gasteiger partial charge in [0.1, 0.15) is 0 Å². The molecule has 0 unspecified atom stereocenters. The smallest absolute Gasteiger partial charge is 0.321 e. The van der Waals surface area contributed by atoms with Crippen molar-refractivity contribution in [3.05, 3.63) is 40.9 Å². The highest BCUT2D eigenvalue weighted by atomic mass is 79.9. The predicted molar refractivity (Wildman–Crippen MR) is 66.7 cm³/mol. The van der Waals surface area contributed by atoms with Gasteiger partial charge in [-0.1, -0.05) is 15.9 Å². The van der Waals surface area contributed by atoms with Gasteiger partial charge in [-0.05, 0) is 27.6 Å². The van der Waals surface area contributed by atoms with Gasteiger partial charge >= 0.3 is 6.01 Å². The lowest BCUT2D eigenvalue weighted by Crippen LogP contribution is -1.93. The van der Waals surface area contributed by atoms with E-state index in [9.17, 15) is 0 Å². The van der Waals surface area contributed by atoms with Crippen LogP contribution in [-0.4, -0.2) is 15.0 Å². The number of hydrogen-bond donors (Lipinski definition) is 0. The lowest BCUT2D eigenvalue weighted by atomic mass is 10.4. The molecule has 0 radical (unpaired) electrons. The van der Waals surface area contributed by atoms with Crippen molar-refractivity contribution in [3.63, 3.8) is 0 Å². The van der Waals surface area contributed by atoms with Gasteiger partial charge in [0.25, 0.3) is 0 Å². The second-order valence-electron chi connectivity index (χ2n) is 2.95. The maximum atomic E-state index is 5.43. The number of rotatable bonds is 3. The summed E-state index contributed by atoms with van der Waals surface area (Å²) < 4.78 is 6.28. The van der Waals surface area contributed by atoms with Crippen LogP contribution in [0, 0.1) is 0 Å². The first-order valence-corrected chi connectivity index (χ1v) is 6.34. The van der Waals surface area contributed by atoms with Crippen LogP contribution in [-0.2, 0) is 5.33 Å². The summed E-state index contributed by atoms with van der Waals surface area (Å²) in [5, 5.41) is 0.728. The van der Waals surface area contributed by atoms with Crippen molar-refractivity contribution in [2.75, 3.05) is 0 Å². The third kappa shape index (κ3) is 2.99. The summed E-state index contributed by atoms with van der Waals surface area (Å²) in [5.41, 5.74) is 1.000. The van der Waals surface area contributed by atoms with Gasteiger partial charge in [-0.25, -0.2) is 9.97 Å². The number of halogens is 2. The van der Waals surface area contributed by atoms with E-state index in [0.29, 0.717) is 11.8 Å². The minimum Gasteiger partial charge on any atom is -0.423 e. The van der Waals surface area contributed by atoms with Crippen LogP contribution in [0.1, 0.15) is 5.56 Å². The highest BCUT2D eigenvalue weighted by molar-refractivity contribution is 9.10. The molecule has 82 valence electrons. The van der Waals surface area contributed by atoms with Crippen molar-refractivity contribution in [2.24, 2.45) is 0 Å². The monoisotopic (exact) mass is 343 g/mol. The molecule has 0 amide bonds. The fourth-order valence-corrected chi connectivity index (χ4v) is 1.65. The molecule has 0 saturated carbocycles. The lowest BCUT2D eigenvalue weighted by Gasteiger charge is -2.03. The number of hydrogen-bond acceptors (Lipinski definition) is 4. The Labute approximate surface area is 109 Å². The van der Waals surface area contributed by atoms with Gasteiger partial charge in [0, 0.05) is 28.4 Å². The van der Waals surface area contributed by atoms with Crippen LogP contribution in [0.5, 0.6) is 11.8 Å². The predicted octanol–water partition coefficient (Wildman–Crippen LogP) is 3.32. The number of aromatic nitrogens is 3. The topological polar surface area (TPSA) is 47.9 Å². The Kier molecular flexibility index (Phi) is 3.84. The molecule has 4 nitrogen and oxygen atoms in total. The van der Waals surface area contributed by atoms with Crippen LogP contribution in [0.25, 0.3) is 0 Å². The first-order valence-electron chi connectivity index (χ1n) is 4.43. The number of alkyl halides is 1. The largest absolute Gasteiger partial charge is 0.423 e. The molecule has 2 aromatic rings. The zero-order chi connectivity index (χ0) is 11.4. The Morgan fingerprint density at radius 3 is 2.50 bits per heavy atom. The molecule has 0 spiro atoms. The highest BCUT2D eigenvalue weighted by Gasteiger charge is 2.01. The normalized spacial score (nSPS) is 10.1. The fraction of sp³-hybridized carbons (Fsp3) is 0.100. The van der Waals surface area contributed by atoms with Crippen molar-refractivity contribution in [2.45, 2.75) is 5.33 Å². The second kappa shape index (κ2) is 5.36. The second-order valence-corrected chi connectivity index (χ2v) is 4.42. The molecular formula is C10H7Br2N3O. The minimum absolute atomic E-state index is 0.310. The van der Waals surface area contributed by atoms with E-state index in [4.69, 9.17) is 4.74 Å². The summed E-state index contributed by atoms with van der Waals surface area (Å²) >= 11 is 6.63. The van der Waals surface area contributed by atoms with Crippen LogP contribution in [0.2, 0.25) is 0 Å². The van der Waals surface area contributed by atoms with E-state index >= 15 is 0 Å². The van der Waals surface area contributed by atoms with Crippen molar-refractivity contribution in [3.8, 4) is 11.8 Å². The Hall–Kier alpha value is -1.01. The maximum Gasteiger partial charge on any atom is 0.321 e. The van der Waals surface area contributed by atoms with E-state index in [1.54, 1.807) is 30.9 Å². The van der Waals surface area contributed by atoms with Gasteiger partial charge in [-0.3, -0.25) is 4.98 Å². The molecule has 2 rings (SSSR count). The van der Waals surface area contributed by atoms with Gasteiger partial charge in [-0.15, -0.1) is 0 Å². The molecule has 0 aromatic carbocycles. The molecule has 0 saturated heterocycles. The van der Waals surface area contributed by atoms with Crippen LogP contribution in [0.3, 0.4) is 0 Å². The van der Waals surface area contributed by atoms with E-state index in [0.717, 1.165) is 15.4 Å². The number of pyridine rings is 1. The van der Waals surface area contributed by atoms with E-state index in [-0.39, 0.29) is 0 Å². The molecule has 0 aliphatic carbocycles. The average Bonchev–Trinajstić information content (AvgIpc) is 2.30. The van der Waals surface area contributed by atoms with Crippen LogP contribution in [0.15, 0.2) is 35.3 Å². The number of ether oxygens (including phenoxy) is 1. The van der Waals surface area contributed by atoms with Gasteiger partial charge in [-0.2, -0.15) is 0 Å². The molecule has 2 aromatic heterocycles. The van der Waals surface area contributed by atoms with Crippen molar-refractivity contribution in [1.29, 1.82) is 0 Å². The number of nitrogens with zero attached hydrogens (tertiary/aromatic N) is 3. The van der Waals surface area contributed by atoms with Crippen molar-refractivity contribution in [1.82, 2.24) is 15.0 Å². The van der Waals surface area contributed by atoms with Crippen LogP contribution < -0.4 is 4.74 Å². The van der Waals surface area contributed by atoms with E-state index in [1.807, 2.05) is 0 Å². The van der Waals surface area contributed by atoms with Gasteiger partial charge in [0.15, 0.2) is 5.75 Å². The minimum atomic E-state index is 0.310. The molecule has 16 heavy (non-hydrogen) atoms.